The van der Waals surface area contributed by atoms with Crippen LogP contribution in [0.4, 0.5) is 24.0 Å². The van der Waals surface area contributed by atoms with Crippen molar-refractivity contribution in [3.05, 3.63) is 0 Å². The number of hydrogen-bond donors (Lipinski definition) is 9. The van der Waals surface area contributed by atoms with Crippen LogP contribution in [0.1, 0.15) is 123 Å². The lowest BCUT2D eigenvalue weighted by molar-refractivity contribution is -0.314. The smallest absolute Gasteiger partial charge is 0.410 e. The summed E-state index contributed by atoms with van der Waals surface area (Å²) in [6.45, 7) is 23.3. The maximum absolute atomic E-state index is 13.8. The summed E-state index contributed by atoms with van der Waals surface area (Å²) in [6, 6.07) is -5.41. The van der Waals surface area contributed by atoms with Gasteiger partial charge in [0.25, 0.3) is 5.91 Å². The maximum Gasteiger partial charge on any atom is 0.410 e. The second-order valence-electron chi connectivity index (χ2n) is 24.4. The Bertz CT molecular complexity index is 2000. The summed E-state index contributed by atoms with van der Waals surface area (Å²) < 4.78 is 59.3. The number of ether oxygens (including phenoxy) is 10. The van der Waals surface area contributed by atoms with E-state index in [0.29, 0.717) is 4.90 Å². The Morgan fingerprint density at radius 2 is 1.18 bits per heavy atom. The Morgan fingerprint density at radius 3 is 1.70 bits per heavy atom. The molecule has 1 aliphatic carbocycles. The van der Waals surface area contributed by atoms with Crippen LogP contribution in [-0.4, -0.2) is 225 Å². The molecule has 0 radical (unpaired) electrons. The summed E-state index contributed by atoms with van der Waals surface area (Å²) >= 11 is 0. The zero-order chi connectivity index (χ0) is 57.7. The van der Waals surface area contributed by atoms with Crippen molar-refractivity contribution in [1.29, 1.82) is 0 Å². The van der Waals surface area contributed by atoms with Crippen molar-refractivity contribution in [2.24, 2.45) is 0 Å². The highest BCUT2D eigenvalue weighted by atomic mass is 16.7. The SMILES string of the molecule is CN(C(=O)O)[C@@H]1[C@@H](O)[C@@H](O[C@@H]2[C@@H](O)[C@H](O[C@H]3O[C@H](CN(C[C@@H]4COC(C)(C)O4)C(=O)OC(C)(C)C)CC[C@H]3NC(=O)OC(C)(C)C)[C@@H](NC(=O)OC(C)(C)C)C[C@H]2NC(=O)[C@@H](O)CNC(=O)OC(C)(C)C)OC[C@]1(C)O. The van der Waals surface area contributed by atoms with Crippen molar-refractivity contribution in [3.63, 3.8) is 0 Å². The minimum absolute atomic E-state index is 0.0259. The molecule has 27 nitrogen and oxygen atoms in total. The molecular formula is C49H86N6O21. The van der Waals surface area contributed by atoms with Crippen molar-refractivity contribution in [2.75, 3.05) is 39.9 Å². The molecule has 6 amide bonds. The van der Waals surface area contributed by atoms with Crippen molar-refractivity contribution in [1.82, 2.24) is 31.1 Å². The lowest BCUT2D eigenvalue weighted by Crippen LogP contribution is -2.71. The van der Waals surface area contributed by atoms with Crippen LogP contribution in [0.2, 0.25) is 0 Å². The van der Waals surface area contributed by atoms with Gasteiger partial charge in [-0.15, -0.1) is 0 Å². The van der Waals surface area contributed by atoms with E-state index in [1.54, 1.807) is 96.9 Å². The summed E-state index contributed by atoms with van der Waals surface area (Å²) in [5.74, 6) is -2.03. The van der Waals surface area contributed by atoms with Crippen molar-refractivity contribution in [2.45, 2.75) is 236 Å². The van der Waals surface area contributed by atoms with Crippen LogP contribution in [0, 0.1) is 0 Å². The molecular weight excluding hydrogens is 1010 g/mol. The fourth-order valence-corrected chi connectivity index (χ4v) is 8.92. The fourth-order valence-electron chi connectivity index (χ4n) is 8.92. The molecule has 3 aliphatic heterocycles. The fraction of sp³-hybridized carbons (Fsp3) is 0.878. The van der Waals surface area contributed by atoms with Gasteiger partial charge in [-0.1, -0.05) is 0 Å². The number of nitrogens with one attached hydrogen (secondary N) is 4. The molecule has 0 aromatic rings. The number of aliphatic hydroxyl groups is 4. The monoisotopic (exact) mass is 1090 g/mol. The highest BCUT2D eigenvalue weighted by Crippen LogP contribution is 2.35. The minimum atomic E-state index is -2.00. The van der Waals surface area contributed by atoms with Crippen LogP contribution in [0.5, 0.6) is 0 Å². The Kier molecular flexibility index (Phi) is 21.1. The first kappa shape index (κ1) is 63.9. The number of hydrogen-bond acceptors (Lipinski definition) is 20. The first-order valence-electron chi connectivity index (χ1n) is 25.5. The van der Waals surface area contributed by atoms with Gasteiger partial charge in [0, 0.05) is 7.05 Å². The first-order chi connectivity index (χ1) is 34.6. The summed E-state index contributed by atoms with van der Waals surface area (Å²) in [5.41, 5.74) is -5.79. The quantitative estimate of drug-likeness (QED) is 0.106. The molecule has 0 aromatic carbocycles. The number of alkyl carbamates (subject to hydrolysis) is 3. The van der Waals surface area contributed by atoms with Crippen molar-refractivity contribution < 1.29 is 102 Å². The molecule has 4 aliphatic rings. The number of carbonyl (C=O) groups is 6. The largest absolute Gasteiger partial charge is 0.465 e. The highest BCUT2D eigenvalue weighted by Gasteiger charge is 2.55. The van der Waals surface area contributed by atoms with E-state index in [4.69, 9.17) is 47.4 Å². The normalized spacial score (nSPS) is 31.4. The second kappa shape index (κ2) is 25.0. The molecule has 3 saturated heterocycles. The van der Waals surface area contributed by atoms with E-state index in [0.717, 1.165) is 7.05 Å². The Morgan fingerprint density at radius 1 is 0.684 bits per heavy atom. The number of rotatable bonds is 15. The van der Waals surface area contributed by atoms with E-state index < -0.39 is 169 Å². The van der Waals surface area contributed by atoms with E-state index in [9.17, 15) is 54.3 Å². The maximum atomic E-state index is 13.8. The molecule has 9 N–H and O–H groups in total. The van der Waals surface area contributed by atoms with Gasteiger partial charge in [-0.3, -0.25) is 4.79 Å². The third-order valence-corrected chi connectivity index (χ3v) is 12.0. The minimum Gasteiger partial charge on any atom is -0.465 e. The lowest BCUT2D eigenvalue weighted by atomic mass is 9.82. The van der Waals surface area contributed by atoms with Crippen LogP contribution in [0.15, 0.2) is 0 Å². The number of aliphatic hydroxyl groups excluding tert-OH is 3. The van der Waals surface area contributed by atoms with Gasteiger partial charge in [0.2, 0.25) is 0 Å². The van der Waals surface area contributed by atoms with E-state index in [-0.39, 0.29) is 32.5 Å². The first-order valence-corrected chi connectivity index (χ1v) is 25.5. The van der Waals surface area contributed by atoms with Gasteiger partial charge in [-0.05, 0) is 123 Å². The average molecular weight is 1100 g/mol. The Labute approximate surface area is 444 Å². The zero-order valence-corrected chi connectivity index (χ0v) is 46.8. The van der Waals surface area contributed by atoms with Crippen molar-refractivity contribution >= 4 is 36.4 Å². The van der Waals surface area contributed by atoms with Gasteiger partial charge in [-0.2, -0.15) is 0 Å². The number of carbonyl (C=O) groups excluding carboxylic acids is 5. The lowest BCUT2D eigenvalue weighted by Gasteiger charge is -2.50. The van der Waals surface area contributed by atoms with Gasteiger partial charge < -0.3 is 104 Å². The molecule has 14 atom stereocenters. The predicted molar refractivity (Wildman–Crippen MR) is 265 cm³/mol. The molecule has 4 fully saturated rings. The van der Waals surface area contributed by atoms with Crippen LogP contribution in [-0.2, 0) is 52.2 Å². The van der Waals surface area contributed by atoms with E-state index in [2.05, 4.69) is 21.3 Å². The molecule has 1 saturated carbocycles. The van der Waals surface area contributed by atoms with E-state index in [1.807, 2.05) is 0 Å². The average Bonchev–Trinajstić information content (AvgIpc) is 3.58. The highest BCUT2D eigenvalue weighted by molar-refractivity contribution is 5.82. The predicted octanol–water partition coefficient (Wildman–Crippen LogP) is 2.02. The number of nitrogens with zero attached hydrogens (tertiary/aromatic N) is 2. The van der Waals surface area contributed by atoms with Gasteiger partial charge in [0.05, 0.1) is 63.1 Å². The zero-order valence-electron chi connectivity index (χ0n) is 46.8. The van der Waals surface area contributed by atoms with Gasteiger partial charge in [0.1, 0.15) is 64.6 Å². The van der Waals surface area contributed by atoms with E-state index >= 15 is 0 Å². The Balaban J connectivity index is 1.79. The molecule has 0 bridgehead atoms. The third-order valence-electron chi connectivity index (χ3n) is 12.0. The van der Waals surface area contributed by atoms with Crippen LogP contribution in [0.25, 0.3) is 0 Å². The molecule has 3 heterocycles. The van der Waals surface area contributed by atoms with Crippen LogP contribution in [0.3, 0.4) is 0 Å². The molecule has 0 aromatic heterocycles. The topological polar surface area (TPSA) is 350 Å². The summed E-state index contributed by atoms with van der Waals surface area (Å²) in [5, 5.41) is 66.9. The number of likely N-dealkylation sites (N-methyl/N-ethyl adjacent to an activating group) is 1. The summed E-state index contributed by atoms with van der Waals surface area (Å²) in [6.07, 6.45) is -19.1. The van der Waals surface area contributed by atoms with Gasteiger partial charge >= 0.3 is 30.5 Å². The van der Waals surface area contributed by atoms with Crippen molar-refractivity contribution in [3.8, 4) is 0 Å². The van der Waals surface area contributed by atoms with E-state index in [1.165, 1.54) is 11.8 Å². The summed E-state index contributed by atoms with van der Waals surface area (Å²) in [4.78, 5) is 81.5. The molecule has 76 heavy (non-hydrogen) atoms. The number of carboxylic acid groups (broad SMARTS) is 1. The Hall–Kier alpha value is -4.58. The third kappa shape index (κ3) is 19.7. The molecule has 27 heteroatoms. The summed E-state index contributed by atoms with van der Waals surface area (Å²) in [7, 11) is 1.11. The van der Waals surface area contributed by atoms with Gasteiger partial charge in [-0.25, -0.2) is 24.0 Å². The molecule has 0 unspecified atom stereocenters. The van der Waals surface area contributed by atoms with Crippen LogP contribution >= 0.6 is 0 Å². The molecule has 4 rings (SSSR count). The molecule has 0 spiro atoms. The van der Waals surface area contributed by atoms with Gasteiger partial charge in [0.15, 0.2) is 18.4 Å². The molecule has 438 valence electrons. The van der Waals surface area contributed by atoms with Crippen LogP contribution < -0.4 is 21.3 Å². The second-order valence-corrected chi connectivity index (χ2v) is 24.4. The standard InChI is InChI=1S/C49H86N6O21/c1-44(2,3)73-39(60)50-20-30(56)36(59)51-28-19-29(53-41(62)75-46(7,8)9)34(31(57)33(28)71-38-32(58)35(54(16)42(63)64)49(15,66)24-67-38)70-37-27(52-40(61)74-45(4,5)6)18-17-25(69-37)21-55(43(65)76-47(10,11)12)22-26-23-68-48(13,14)72-26/h25-35,37-38,56-58,66H,17-24H2,1-16H3,(H,50,60)(H,51,59)(H,52,61)(H,53,62)(H,63,64)/t25-,26+,27+,28+,29-,30-,31+,32+,33-,34+,35+,37+,38+,49-/m0/s1. The number of amides is 6.